The lowest BCUT2D eigenvalue weighted by atomic mass is 9.89. The fraction of sp³-hybridized carbons (Fsp3) is 0.409. The largest absolute Gasteiger partial charge is 0.382 e. The van der Waals surface area contributed by atoms with E-state index >= 15 is 0 Å². The molecule has 0 spiro atoms. The van der Waals surface area contributed by atoms with Crippen LogP contribution in [0, 0.1) is 22.7 Å². The van der Waals surface area contributed by atoms with Crippen molar-refractivity contribution in [2.45, 2.75) is 112 Å². The summed E-state index contributed by atoms with van der Waals surface area (Å²) in [6.07, 6.45) is 0. The molecule has 5 N–H and O–H groups in total. The van der Waals surface area contributed by atoms with Crippen LogP contribution in [0.2, 0.25) is 0 Å². The fourth-order valence-electron chi connectivity index (χ4n) is 6.09. The van der Waals surface area contributed by atoms with Gasteiger partial charge in [-0.05, 0) is 24.3 Å². The Morgan fingerprint density at radius 3 is 1.37 bits per heavy atom. The standard InChI is InChI=1S/C22H28N8.C21H26N8.CH4/c1-21(2,3)17-15(13-23)20(29(7)27-17)26-25-16-18(22(4,5)6)28-30(19(16)24)14-11-9-8-10-12-14;1-20(2,3)16-14(12-22)19(27-25-16)26-24-15-17(21(4,5)6)28-29(18(15)23)13-10-8-7-9-11-13;/h8-12H,24H2,1-7H3;7-11H,23H2,1-6H3,(H,25,27);1H4. The quantitative estimate of drug-likeness (QED) is 0.137. The minimum absolute atomic E-state index is 0. The van der Waals surface area contributed by atoms with E-state index in [4.69, 9.17) is 21.7 Å². The van der Waals surface area contributed by atoms with Crippen LogP contribution in [0.25, 0.3) is 11.4 Å². The second-order valence-corrected chi connectivity index (χ2v) is 18.3. The lowest BCUT2D eigenvalue weighted by Crippen LogP contribution is -2.14. The van der Waals surface area contributed by atoms with Crippen LogP contribution in [0.3, 0.4) is 0 Å². The molecule has 16 nitrogen and oxygen atoms in total. The van der Waals surface area contributed by atoms with Crippen molar-refractivity contribution in [1.29, 1.82) is 10.5 Å². The lowest BCUT2D eigenvalue weighted by Gasteiger charge is -2.15. The normalized spacial score (nSPS) is 12.2. The maximum absolute atomic E-state index is 9.72. The van der Waals surface area contributed by atoms with Crippen molar-refractivity contribution in [2.24, 2.45) is 27.5 Å². The van der Waals surface area contributed by atoms with Crippen LogP contribution >= 0.6 is 0 Å². The number of nitriles is 2. The van der Waals surface area contributed by atoms with Crippen LogP contribution in [0.5, 0.6) is 0 Å². The lowest BCUT2D eigenvalue weighted by molar-refractivity contribution is 0.552. The number of azo groups is 2. The van der Waals surface area contributed by atoms with E-state index in [1.807, 2.05) is 144 Å². The molecule has 0 atom stereocenters. The van der Waals surface area contributed by atoms with Gasteiger partial charge in [-0.15, -0.1) is 20.5 Å². The third-order valence-corrected chi connectivity index (χ3v) is 9.15. The van der Waals surface area contributed by atoms with E-state index in [1.165, 1.54) is 0 Å². The monoisotopic (exact) mass is 811 g/mol. The van der Waals surface area contributed by atoms with E-state index in [2.05, 4.69) is 47.9 Å². The molecule has 4 heterocycles. The SMILES string of the molecule is C.CC(C)(C)c1nn(-c2ccccc2)c(N)c1N=Nc1n[nH]c(C(C)(C)C)c1C#N.Cn1nc(C(C)(C)C)c(C#N)c1N=Nc1c(C(C)(C)C)nn(-c2ccccc2)c1N. The smallest absolute Gasteiger partial charge is 0.213 e. The molecule has 6 rings (SSSR count). The number of nitrogens with one attached hydrogen (secondary N) is 1. The predicted molar refractivity (Wildman–Crippen MR) is 237 cm³/mol. The van der Waals surface area contributed by atoms with Crippen molar-refractivity contribution in [1.82, 2.24) is 39.5 Å². The molecular weight excluding hydrogens is 753 g/mol. The molecule has 0 saturated carbocycles. The Morgan fingerprint density at radius 1 is 0.567 bits per heavy atom. The van der Waals surface area contributed by atoms with Gasteiger partial charge in [0.25, 0.3) is 0 Å². The average molecular weight is 811 g/mol. The van der Waals surface area contributed by atoms with Crippen LogP contribution in [-0.4, -0.2) is 39.5 Å². The highest BCUT2D eigenvalue weighted by molar-refractivity contribution is 5.67. The summed E-state index contributed by atoms with van der Waals surface area (Å²) in [7, 11) is 1.76. The molecule has 0 amide bonds. The van der Waals surface area contributed by atoms with Crippen molar-refractivity contribution in [2.75, 3.05) is 11.5 Å². The highest BCUT2D eigenvalue weighted by atomic mass is 15.4. The number of aromatic amines is 1. The number of benzene rings is 2. The third-order valence-electron chi connectivity index (χ3n) is 9.15. The molecule has 0 radical (unpaired) electrons. The first-order chi connectivity index (χ1) is 27.5. The summed E-state index contributed by atoms with van der Waals surface area (Å²) in [5.41, 5.74) is 18.0. The van der Waals surface area contributed by atoms with Gasteiger partial charge >= 0.3 is 0 Å². The van der Waals surface area contributed by atoms with E-state index in [0.29, 0.717) is 51.3 Å². The maximum Gasteiger partial charge on any atom is 0.213 e. The summed E-state index contributed by atoms with van der Waals surface area (Å²) >= 11 is 0. The zero-order valence-electron chi connectivity index (χ0n) is 36.2. The molecule has 0 aliphatic rings. The molecule has 314 valence electrons. The van der Waals surface area contributed by atoms with Gasteiger partial charge in [0.15, 0.2) is 28.8 Å². The van der Waals surface area contributed by atoms with E-state index in [1.54, 1.807) is 21.1 Å². The zero-order chi connectivity index (χ0) is 43.7. The Morgan fingerprint density at radius 2 is 0.983 bits per heavy atom. The molecule has 0 aliphatic heterocycles. The van der Waals surface area contributed by atoms with Crippen LogP contribution in [0.4, 0.5) is 34.6 Å². The van der Waals surface area contributed by atoms with Crippen molar-refractivity contribution in [3.05, 3.63) is 94.6 Å². The van der Waals surface area contributed by atoms with E-state index in [0.717, 1.165) is 22.8 Å². The number of hydrogen-bond acceptors (Lipinski definition) is 12. The highest BCUT2D eigenvalue weighted by Crippen LogP contribution is 2.40. The van der Waals surface area contributed by atoms with Gasteiger partial charge in [-0.1, -0.05) is 127 Å². The van der Waals surface area contributed by atoms with Gasteiger partial charge in [0, 0.05) is 28.7 Å². The maximum atomic E-state index is 9.72. The van der Waals surface area contributed by atoms with E-state index in [9.17, 15) is 10.5 Å². The number of rotatable bonds is 6. The van der Waals surface area contributed by atoms with Gasteiger partial charge in [0.1, 0.15) is 23.3 Å². The highest BCUT2D eigenvalue weighted by Gasteiger charge is 2.30. The van der Waals surface area contributed by atoms with Gasteiger partial charge < -0.3 is 11.5 Å². The number of H-pyrrole nitrogens is 1. The number of anilines is 2. The molecule has 60 heavy (non-hydrogen) atoms. The van der Waals surface area contributed by atoms with Crippen molar-refractivity contribution >= 4 is 34.6 Å². The van der Waals surface area contributed by atoms with Gasteiger partial charge in [-0.2, -0.15) is 30.9 Å². The minimum Gasteiger partial charge on any atom is -0.382 e. The number of para-hydroxylation sites is 2. The van der Waals surface area contributed by atoms with E-state index in [-0.39, 0.29) is 34.9 Å². The average Bonchev–Trinajstić information content (AvgIpc) is 3.91. The zero-order valence-corrected chi connectivity index (χ0v) is 36.2. The second kappa shape index (κ2) is 17.1. The second-order valence-electron chi connectivity index (χ2n) is 18.3. The Kier molecular flexibility index (Phi) is 13.1. The van der Waals surface area contributed by atoms with Gasteiger partial charge in [-0.3, -0.25) is 5.10 Å². The number of hydrogen-bond donors (Lipinski definition) is 3. The molecule has 0 unspecified atom stereocenters. The van der Waals surface area contributed by atoms with Crippen LogP contribution < -0.4 is 11.5 Å². The summed E-state index contributed by atoms with van der Waals surface area (Å²) in [5.74, 6) is 1.42. The number of nitrogens with two attached hydrogens (primary N) is 2. The molecule has 2 aromatic carbocycles. The first-order valence-electron chi connectivity index (χ1n) is 19.2. The number of aromatic nitrogens is 8. The third kappa shape index (κ3) is 9.50. The number of nitrogens with zero attached hydrogens (tertiary/aromatic N) is 13. The Bertz CT molecular complexity index is 2570. The van der Waals surface area contributed by atoms with Gasteiger partial charge in [-0.25, -0.2) is 14.0 Å². The molecule has 0 aliphatic carbocycles. The van der Waals surface area contributed by atoms with Crippen molar-refractivity contribution in [3.63, 3.8) is 0 Å². The summed E-state index contributed by atoms with van der Waals surface area (Å²) in [4.78, 5) is 0. The van der Waals surface area contributed by atoms with Crippen LogP contribution in [0.1, 0.15) is 124 Å². The Labute approximate surface area is 353 Å². The summed E-state index contributed by atoms with van der Waals surface area (Å²) in [6, 6.07) is 23.7. The molecule has 0 fully saturated rings. The molecule has 4 aromatic heterocycles. The van der Waals surface area contributed by atoms with Crippen molar-refractivity contribution in [3.8, 4) is 23.5 Å². The summed E-state index contributed by atoms with van der Waals surface area (Å²) in [6.45, 7) is 24.3. The van der Waals surface area contributed by atoms with Crippen molar-refractivity contribution < 1.29 is 0 Å². The van der Waals surface area contributed by atoms with Gasteiger partial charge in [0.05, 0.1) is 34.2 Å². The first kappa shape index (κ1) is 45.8. The summed E-state index contributed by atoms with van der Waals surface area (Å²) in [5, 5.41) is 57.8. The molecule has 0 bridgehead atoms. The van der Waals surface area contributed by atoms with Crippen LogP contribution in [-0.2, 0) is 28.7 Å². The predicted octanol–water partition coefficient (Wildman–Crippen LogP) is 10.8. The van der Waals surface area contributed by atoms with E-state index < -0.39 is 0 Å². The molecule has 0 saturated heterocycles. The molecule has 6 aromatic rings. The topological polar surface area (TPSA) is 231 Å². The van der Waals surface area contributed by atoms with Crippen LogP contribution in [0.15, 0.2) is 81.1 Å². The molecular formula is C44H58N16. The Hall–Kier alpha value is -6.94. The van der Waals surface area contributed by atoms with Gasteiger partial charge in [0.2, 0.25) is 5.82 Å². The molecule has 16 heteroatoms. The minimum atomic E-state index is -0.303. The Balaban J connectivity index is 0.000000260. The number of aryl methyl sites for hydroxylation is 1. The summed E-state index contributed by atoms with van der Waals surface area (Å²) < 4.78 is 4.91. The fourth-order valence-corrected chi connectivity index (χ4v) is 6.09. The number of nitrogen functional groups attached to an aromatic ring is 2. The first-order valence-corrected chi connectivity index (χ1v) is 19.2.